The number of para-hydroxylation sites is 1. The lowest BCUT2D eigenvalue weighted by Crippen LogP contribution is -2.40. The lowest BCUT2D eigenvalue weighted by molar-refractivity contribution is -0.113. The Balaban J connectivity index is 1.50. The summed E-state index contributed by atoms with van der Waals surface area (Å²) in [5.41, 5.74) is 7.58. The van der Waals surface area contributed by atoms with Crippen LogP contribution in [-0.4, -0.2) is 22.2 Å². The third-order valence-electron chi connectivity index (χ3n) is 7.88. The van der Waals surface area contributed by atoms with Crippen LogP contribution in [0.15, 0.2) is 99.9 Å². The molecule has 3 aromatic carbocycles. The summed E-state index contributed by atoms with van der Waals surface area (Å²) in [4.78, 5) is 33.4. The number of amides is 1. The van der Waals surface area contributed by atoms with Crippen LogP contribution in [0.2, 0.25) is 0 Å². The predicted molar refractivity (Wildman–Crippen MR) is 185 cm³/mol. The molecule has 1 atom stereocenters. The molecule has 0 saturated heterocycles. The number of carbonyl (C=O) groups excluding carboxylic acids is 1. The van der Waals surface area contributed by atoms with Crippen molar-refractivity contribution in [2.24, 2.45) is 4.99 Å². The van der Waals surface area contributed by atoms with Crippen LogP contribution in [0.5, 0.6) is 5.75 Å². The average molecular weight is 715 g/mol. The van der Waals surface area contributed by atoms with Gasteiger partial charge in [-0.3, -0.25) is 14.2 Å². The molecule has 9 heteroatoms. The van der Waals surface area contributed by atoms with E-state index in [9.17, 15) is 9.59 Å². The van der Waals surface area contributed by atoms with Crippen LogP contribution in [0.1, 0.15) is 41.0 Å². The number of hydrogen-bond acceptors (Lipinski definition) is 5. The standard InChI is InChI=1S/C35H31IN4O3S/c1-20-14-15-27(19-29(20)36)39-21(2)16-25(23(39)4)18-30-34(42)40-32(24-10-9-13-28(17-24)43-5)31(22(3)37-35(40)44-30)33(41)38-26-11-7-6-8-12-26/h6-19,32H,1-5H3,(H,38,41)/b30-18-/t32-/m0/s1. The first-order valence-electron chi connectivity index (χ1n) is 14.1. The molecule has 1 aliphatic rings. The molecule has 0 spiro atoms. The zero-order valence-corrected chi connectivity index (χ0v) is 28.0. The molecule has 2 aromatic heterocycles. The van der Waals surface area contributed by atoms with Gasteiger partial charge in [-0.15, -0.1) is 0 Å². The minimum absolute atomic E-state index is 0.200. The van der Waals surface area contributed by atoms with E-state index in [4.69, 9.17) is 9.73 Å². The Labute approximate surface area is 273 Å². The van der Waals surface area contributed by atoms with E-state index in [-0.39, 0.29) is 11.5 Å². The predicted octanol–water partition coefficient (Wildman–Crippen LogP) is 6.20. The van der Waals surface area contributed by atoms with Gasteiger partial charge in [0.15, 0.2) is 4.80 Å². The van der Waals surface area contributed by atoms with E-state index in [1.165, 1.54) is 20.5 Å². The molecule has 6 rings (SSSR count). The zero-order chi connectivity index (χ0) is 31.1. The summed E-state index contributed by atoms with van der Waals surface area (Å²) in [6, 6.07) is 24.6. The molecular weight excluding hydrogens is 683 g/mol. The lowest BCUT2D eigenvalue weighted by Gasteiger charge is -2.25. The Morgan fingerprint density at radius 1 is 1.00 bits per heavy atom. The Bertz CT molecular complexity index is 2140. The summed E-state index contributed by atoms with van der Waals surface area (Å²) >= 11 is 3.69. The van der Waals surface area contributed by atoms with E-state index in [1.54, 1.807) is 11.7 Å². The molecule has 1 aliphatic heterocycles. The molecule has 0 saturated carbocycles. The number of aryl methyl sites for hydroxylation is 2. The summed E-state index contributed by atoms with van der Waals surface area (Å²) in [6.07, 6.45) is 1.94. The molecule has 0 aliphatic carbocycles. The third-order valence-corrected chi connectivity index (χ3v) is 10.0. The minimum Gasteiger partial charge on any atom is -0.497 e. The van der Waals surface area contributed by atoms with Gasteiger partial charge in [-0.1, -0.05) is 47.7 Å². The number of ether oxygens (including phenoxy) is 1. The summed E-state index contributed by atoms with van der Waals surface area (Å²) in [6.45, 7) is 8.06. The maximum Gasteiger partial charge on any atom is 0.271 e. The van der Waals surface area contributed by atoms with Crippen molar-refractivity contribution in [3.8, 4) is 11.4 Å². The van der Waals surface area contributed by atoms with E-state index < -0.39 is 6.04 Å². The number of methoxy groups -OCH3 is 1. The molecule has 5 aromatic rings. The number of thiazole rings is 1. The third kappa shape index (κ3) is 5.46. The maximum absolute atomic E-state index is 14.2. The topological polar surface area (TPSA) is 77.6 Å². The molecule has 0 unspecified atom stereocenters. The van der Waals surface area contributed by atoms with Crippen molar-refractivity contribution in [2.75, 3.05) is 12.4 Å². The van der Waals surface area contributed by atoms with Gasteiger partial charge in [-0.05, 0) is 116 Å². The summed E-state index contributed by atoms with van der Waals surface area (Å²) in [5, 5.41) is 3.00. The van der Waals surface area contributed by atoms with Crippen LogP contribution >= 0.6 is 33.9 Å². The molecule has 0 radical (unpaired) electrons. The smallest absolute Gasteiger partial charge is 0.271 e. The molecule has 44 heavy (non-hydrogen) atoms. The van der Waals surface area contributed by atoms with Gasteiger partial charge in [0, 0.05) is 26.3 Å². The Morgan fingerprint density at radius 2 is 1.77 bits per heavy atom. The van der Waals surface area contributed by atoms with Crippen LogP contribution in [0.3, 0.4) is 0 Å². The number of aromatic nitrogens is 2. The number of hydrogen-bond donors (Lipinski definition) is 1. The van der Waals surface area contributed by atoms with Crippen molar-refractivity contribution in [3.63, 3.8) is 0 Å². The normalized spacial score (nSPS) is 14.8. The molecule has 3 heterocycles. The van der Waals surface area contributed by atoms with Crippen molar-refractivity contribution in [2.45, 2.75) is 33.7 Å². The molecule has 222 valence electrons. The van der Waals surface area contributed by atoms with Crippen molar-refractivity contribution >= 4 is 51.6 Å². The molecule has 0 bridgehead atoms. The van der Waals surface area contributed by atoms with Gasteiger partial charge >= 0.3 is 0 Å². The Hall–Kier alpha value is -4.22. The summed E-state index contributed by atoms with van der Waals surface area (Å²) < 4.78 is 11.1. The van der Waals surface area contributed by atoms with Gasteiger partial charge in [-0.2, -0.15) is 0 Å². The van der Waals surface area contributed by atoms with E-state index >= 15 is 0 Å². The number of anilines is 1. The Morgan fingerprint density at radius 3 is 2.50 bits per heavy atom. The number of rotatable bonds is 6. The number of halogens is 1. The van der Waals surface area contributed by atoms with Crippen molar-refractivity contribution < 1.29 is 9.53 Å². The first-order valence-corrected chi connectivity index (χ1v) is 16.0. The number of nitrogens with one attached hydrogen (secondary N) is 1. The van der Waals surface area contributed by atoms with E-state index in [0.717, 1.165) is 28.2 Å². The average Bonchev–Trinajstić information content (AvgIpc) is 3.47. The number of benzene rings is 3. The van der Waals surface area contributed by atoms with Crippen LogP contribution in [-0.2, 0) is 4.79 Å². The maximum atomic E-state index is 14.2. The van der Waals surface area contributed by atoms with Gasteiger partial charge in [0.2, 0.25) is 0 Å². The van der Waals surface area contributed by atoms with Crippen molar-refractivity contribution in [1.82, 2.24) is 9.13 Å². The summed E-state index contributed by atoms with van der Waals surface area (Å²) in [5.74, 6) is 0.330. The largest absolute Gasteiger partial charge is 0.497 e. The van der Waals surface area contributed by atoms with Crippen LogP contribution in [0.4, 0.5) is 5.69 Å². The molecule has 1 amide bonds. The highest BCUT2D eigenvalue weighted by molar-refractivity contribution is 14.1. The van der Waals surface area contributed by atoms with Crippen LogP contribution in [0, 0.1) is 24.3 Å². The molecule has 1 N–H and O–H groups in total. The van der Waals surface area contributed by atoms with Crippen molar-refractivity contribution in [3.05, 3.63) is 141 Å². The second-order valence-corrected chi connectivity index (χ2v) is 12.9. The highest BCUT2D eigenvalue weighted by Gasteiger charge is 2.33. The zero-order valence-electron chi connectivity index (χ0n) is 25.0. The lowest BCUT2D eigenvalue weighted by atomic mass is 9.95. The van der Waals surface area contributed by atoms with Crippen LogP contribution < -0.4 is 24.9 Å². The number of fused-ring (bicyclic) bond motifs is 1. The van der Waals surface area contributed by atoms with Gasteiger partial charge in [0.05, 0.1) is 29.0 Å². The number of nitrogens with zero attached hydrogens (tertiary/aromatic N) is 3. The summed E-state index contributed by atoms with van der Waals surface area (Å²) in [7, 11) is 1.60. The monoisotopic (exact) mass is 714 g/mol. The second-order valence-electron chi connectivity index (χ2n) is 10.8. The van der Waals surface area contributed by atoms with E-state index in [1.807, 2.05) is 67.6 Å². The number of carbonyl (C=O) groups is 1. The fourth-order valence-electron chi connectivity index (χ4n) is 5.65. The fourth-order valence-corrected chi connectivity index (χ4v) is 7.19. The van der Waals surface area contributed by atoms with Gasteiger partial charge in [0.1, 0.15) is 5.75 Å². The SMILES string of the molecule is COc1cccc([C@H]2C(C(=O)Nc3ccccc3)=C(C)N=c3s/c(=C\c4cc(C)n(-c5ccc(C)c(I)c5)c4C)c(=O)n32)c1. The fraction of sp³-hybridized carbons (Fsp3) is 0.171. The highest BCUT2D eigenvalue weighted by Crippen LogP contribution is 2.32. The van der Waals surface area contributed by atoms with Gasteiger partial charge in [0.25, 0.3) is 11.5 Å². The highest BCUT2D eigenvalue weighted by atomic mass is 127. The minimum atomic E-state index is -0.686. The quantitative estimate of drug-likeness (QED) is 0.213. The molecule has 7 nitrogen and oxygen atoms in total. The van der Waals surface area contributed by atoms with E-state index in [2.05, 4.69) is 77.5 Å². The Kier molecular flexibility index (Phi) is 8.17. The van der Waals surface area contributed by atoms with Crippen LogP contribution in [0.25, 0.3) is 11.8 Å². The van der Waals surface area contributed by atoms with Gasteiger partial charge in [-0.25, -0.2) is 4.99 Å². The molecule has 0 fully saturated rings. The van der Waals surface area contributed by atoms with E-state index in [0.29, 0.717) is 32.0 Å². The molecular formula is C35H31IN4O3S. The first kappa shape index (κ1) is 29.8. The van der Waals surface area contributed by atoms with Gasteiger partial charge < -0.3 is 14.6 Å². The second kappa shape index (κ2) is 12.0. The van der Waals surface area contributed by atoms with Crippen molar-refractivity contribution in [1.29, 1.82) is 0 Å². The number of allylic oxidation sites excluding steroid dienone is 1. The first-order chi connectivity index (χ1) is 21.2.